The van der Waals surface area contributed by atoms with Crippen molar-refractivity contribution in [1.29, 1.82) is 0 Å². The Morgan fingerprint density at radius 3 is 2.42 bits per heavy atom. The summed E-state index contributed by atoms with van der Waals surface area (Å²) in [5, 5.41) is 4.84. The van der Waals surface area contributed by atoms with Crippen LogP contribution in [0.5, 0.6) is 0 Å². The van der Waals surface area contributed by atoms with E-state index in [9.17, 15) is 0 Å². The minimum Gasteiger partial charge on any atom is -0.238 e. The maximum atomic E-state index is 2.44. The first-order valence-corrected chi connectivity index (χ1v) is 4.51. The molecular formula is C10H12N2. The van der Waals surface area contributed by atoms with Gasteiger partial charge in [-0.3, -0.25) is 0 Å². The normalized spacial score (nSPS) is 28.8. The van der Waals surface area contributed by atoms with Crippen LogP contribution in [0, 0.1) is 0 Å². The Kier molecular flexibility index (Phi) is 1.28. The zero-order valence-electron chi connectivity index (χ0n) is 6.98. The molecule has 2 aliphatic rings. The number of rotatable bonds is 1. The fraction of sp³-hybridized carbons (Fsp3) is 0.400. The summed E-state index contributed by atoms with van der Waals surface area (Å²) in [7, 11) is 0. The molecule has 2 saturated heterocycles. The van der Waals surface area contributed by atoms with E-state index in [0.29, 0.717) is 6.04 Å². The van der Waals surface area contributed by atoms with Gasteiger partial charge >= 0.3 is 0 Å². The number of piperazine rings is 1. The van der Waals surface area contributed by atoms with Gasteiger partial charge in [-0.25, -0.2) is 10.0 Å². The van der Waals surface area contributed by atoms with Crippen LogP contribution in [-0.4, -0.2) is 29.7 Å². The third-order valence-corrected chi connectivity index (χ3v) is 2.88. The van der Waals surface area contributed by atoms with Crippen LogP contribution in [0.2, 0.25) is 0 Å². The Morgan fingerprint density at radius 2 is 1.92 bits per heavy atom. The topological polar surface area (TPSA) is 6.48 Å². The van der Waals surface area contributed by atoms with E-state index in [0.717, 1.165) is 0 Å². The highest BCUT2D eigenvalue weighted by Gasteiger charge is 2.43. The summed E-state index contributed by atoms with van der Waals surface area (Å²) in [6.45, 7) is 3.74. The number of fused-ring (bicyclic) bond motifs is 1. The first-order valence-electron chi connectivity index (χ1n) is 4.51. The fourth-order valence-electron chi connectivity index (χ4n) is 2.06. The molecule has 1 atom stereocenters. The number of nitrogens with zero attached hydrogens (tertiary/aromatic N) is 2. The number of benzene rings is 1. The van der Waals surface area contributed by atoms with Gasteiger partial charge in [0, 0.05) is 19.6 Å². The molecule has 0 saturated carbocycles. The van der Waals surface area contributed by atoms with E-state index >= 15 is 0 Å². The summed E-state index contributed by atoms with van der Waals surface area (Å²) in [6, 6.07) is 11.5. The maximum Gasteiger partial charge on any atom is 0.0637 e. The van der Waals surface area contributed by atoms with E-state index in [1.165, 1.54) is 25.2 Å². The summed E-state index contributed by atoms with van der Waals surface area (Å²) >= 11 is 0. The van der Waals surface area contributed by atoms with Crippen LogP contribution in [0.4, 0.5) is 0 Å². The van der Waals surface area contributed by atoms with Gasteiger partial charge in [0.05, 0.1) is 6.04 Å². The van der Waals surface area contributed by atoms with E-state index in [-0.39, 0.29) is 0 Å². The molecule has 0 N–H and O–H groups in total. The van der Waals surface area contributed by atoms with E-state index < -0.39 is 0 Å². The third kappa shape index (κ3) is 0.765. The molecule has 0 radical (unpaired) electrons. The smallest absolute Gasteiger partial charge is 0.0637 e. The molecule has 12 heavy (non-hydrogen) atoms. The molecular weight excluding hydrogens is 148 g/mol. The Hall–Kier alpha value is -0.860. The molecule has 0 aliphatic carbocycles. The summed E-state index contributed by atoms with van der Waals surface area (Å²) in [6.07, 6.45) is 0. The van der Waals surface area contributed by atoms with E-state index in [1.54, 1.807) is 0 Å². The molecule has 3 rings (SSSR count). The van der Waals surface area contributed by atoms with Crippen LogP contribution in [0.15, 0.2) is 30.3 Å². The Balaban J connectivity index is 1.82. The first kappa shape index (κ1) is 6.63. The molecule has 62 valence electrons. The second-order valence-electron chi connectivity index (χ2n) is 3.50. The van der Waals surface area contributed by atoms with Crippen molar-refractivity contribution in [2.45, 2.75) is 6.04 Å². The summed E-state index contributed by atoms with van der Waals surface area (Å²) in [4.78, 5) is 0. The Labute approximate surface area is 72.4 Å². The molecule has 2 nitrogen and oxygen atoms in total. The molecule has 1 aromatic rings. The van der Waals surface area contributed by atoms with Crippen molar-refractivity contribution in [3.8, 4) is 0 Å². The second-order valence-corrected chi connectivity index (χ2v) is 3.50. The maximum absolute atomic E-state index is 2.44. The largest absolute Gasteiger partial charge is 0.238 e. The Morgan fingerprint density at radius 1 is 1.08 bits per heavy atom. The lowest BCUT2D eigenvalue weighted by Gasteiger charge is -2.59. The van der Waals surface area contributed by atoms with Crippen LogP contribution in [0.25, 0.3) is 0 Å². The number of hydrazine groups is 1. The molecule has 1 unspecified atom stereocenters. The van der Waals surface area contributed by atoms with Crippen molar-refractivity contribution in [2.24, 2.45) is 0 Å². The highest BCUT2D eigenvalue weighted by molar-refractivity contribution is 5.22. The third-order valence-electron chi connectivity index (χ3n) is 2.88. The number of hydrogen-bond donors (Lipinski definition) is 0. The van der Waals surface area contributed by atoms with Crippen molar-refractivity contribution >= 4 is 0 Å². The lowest BCUT2D eigenvalue weighted by Crippen LogP contribution is -2.69. The fourth-order valence-corrected chi connectivity index (χ4v) is 2.06. The first-order chi connectivity index (χ1) is 5.95. The van der Waals surface area contributed by atoms with Crippen molar-refractivity contribution in [2.75, 3.05) is 19.6 Å². The van der Waals surface area contributed by atoms with Gasteiger partial charge in [0.2, 0.25) is 0 Å². The molecule has 2 aliphatic heterocycles. The monoisotopic (exact) mass is 160 g/mol. The van der Waals surface area contributed by atoms with Crippen LogP contribution >= 0.6 is 0 Å². The van der Waals surface area contributed by atoms with Gasteiger partial charge in [0.1, 0.15) is 0 Å². The molecule has 0 spiro atoms. The molecule has 2 heterocycles. The SMILES string of the molecule is c1ccc(C2CN3CCN23)cc1. The van der Waals surface area contributed by atoms with Gasteiger partial charge in [0.15, 0.2) is 0 Å². The van der Waals surface area contributed by atoms with Gasteiger partial charge in [0.25, 0.3) is 0 Å². The Bertz CT molecular complexity index is 283. The standard InChI is InChI=1S/C10H12N2/c1-2-4-9(5-3-1)10-8-11-6-7-12(10)11/h1-5,10H,6-8H2. The summed E-state index contributed by atoms with van der Waals surface area (Å²) < 4.78 is 0. The van der Waals surface area contributed by atoms with Crippen LogP contribution in [0.3, 0.4) is 0 Å². The lowest BCUT2D eigenvalue weighted by molar-refractivity contribution is -0.237. The quantitative estimate of drug-likeness (QED) is 0.610. The molecule has 0 bridgehead atoms. The number of hydrogen-bond acceptors (Lipinski definition) is 2. The average molecular weight is 160 g/mol. The zero-order chi connectivity index (χ0) is 7.97. The minimum absolute atomic E-state index is 0.681. The predicted octanol–water partition coefficient (Wildman–Crippen LogP) is 1.27. The molecule has 0 aromatic heterocycles. The lowest BCUT2D eigenvalue weighted by atomic mass is 10.00. The van der Waals surface area contributed by atoms with Crippen LogP contribution in [-0.2, 0) is 0 Å². The average Bonchev–Trinajstić information content (AvgIpc) is 2.11. The van der Waals surface area contributed by atoms with Crippen molar-refractivity contribution < 1.29 is 0 Å². The van der Waals surface area contributed by atoms with Gasteiger partial charge < -0.3 is 0 Å². The molecule has 0 amide bonds. The highest BCUT2D eigenvalue weighted by atomic mass is 15.8. The van der Waals surface area contributed by atoms with E-state index in [4.69, 9.17) is 0 Å². The minimum atomic E-state index is 0.681. The summed E-state index contributed by atoms with van der Waals surface area (Å²) in [5.74, 6) is 0. The van der Waals surface area contributed by atoms with Crippen molar-refractivity contribution in [3.63, 3.8) is 0 Å². The van der Waals surface area contributed by atoms with Crippen molar-refractivity contribution in [1.82, 2.24) is 10.0 Å². The highest BCUT2D eigenvalue weighted by Crippen LogP contribution is 2.36. The molecule has 2 heteroatoms. The molecule has 2 fully saturated rings. The summed E-state index contributed by atoms with van der Waals surface area (Å²) in [5.41, 5.74) is 1.47. The van der Waals surface area contributed by atoms with Gasteiger partial charge in [-0.05, 0) is 5.56 Å². The van der Waals surface area contributed by atoms with Gasteiger partial charge in [-0.2, -0.15) is 0 Å². The van der Waals surface area contributed by atoms with Gasteiger partial charge in [-0.1, -0.05) is 30.3 Å². The van der Waals surface area contributed by atoms with E-state index in [2.05, 4.69) is 40.3 Å². The van der Waals surface area contributed by atoms with Crippen LogP contribution < -0.4 is 0 Å². The predicted molar refractivity (Wildman–Crippen MR) is 47.5 cm³/mol. The van der Waals surface area contributed by atoms with Crippen molar-refractivity contribution in [3.05, 3.63) is 35.9 Å². The molecule has 1 aromatic carbocycles. The second kappa shape index (κ2) is 2.31. The van der Waals surface area contributed by atoms with Gasteiger partial charge in [-0.15, -0.1) is 0 Å². The zero-order valence-corrected chi connectivity index (χ0v) is 6.98. The van der Waals surface area contributed by atoms with Crippen LogP contribution in [0.1, 0.15) is 11.6 Å². The van der Waals surface area contributed by atoms with E-state index in [1.807, 2.05) is 0 Å².